The van der Waals surface area contributed by atoms with Gasteiger partial charge in [0, 0.05) is 6.20 Å². The fourth-order valence-corrected chi connectivity index (χ4v) is 1.46. The van der Waals surface area contributed by atoms with Gasteiger partial charge in [-0.15, -0.1) is 0 Å². The molecule has 1 heterocycles. The molecule has 0 saturated carbocycles. The molecule has 5 nitrogen and oxygen atoms in total. The molecule has 0 radical (unpaired) electrons. The molecule has 2 N–H and O–H groups in total. The Balaban J connectivity index is 2.26. The van der Waals surface area contributed by atoms with Crippen LogP contribution in [0.5, 0.6) is 11.8 Å². The minimum absolute atomic E-state index is 0.116. The summed E-state index contributed by atoms with van der Waals surface area (Å²) >= 11 is 0. The van der Waals surface area contributed by atoms with Gasteiger partial charge in [-0.25, -0.2) is 4.98 Å². The second kappa shape index (κ2) is 5.15. The normalized spacial score (nSPS) is 9.78. The van der Waals surface area contributed by atoms with Crippen LogP contribution in [0.3, 0.4) is 0 Å². The van der Waals surface area contributed by atoms with E-state index in [1.807, 2.05) is 18.2 Å². The Morgan fingerprint density at radius 2 is 2.22 bits per heavy atom. The number of benzene rings is 1. The minimum atomic E-state index is 0.116. The highest BCUT2D eigenvalue weighted by molar-refractivity contribution is 5.55. The van der Waals surface area contributed by atoms with E-state index in [9.17, 15) is 0 Å². The van der Waals surface area contributed by atoms with Crippen LogP contribution in [0.15, 0.2) is 30.5 Å². The van der Waals surface area contributed by atoms with E-state index in [0.717, 1.165) is 12.0 Å². The van der Waals surface area contributed by atoms with Crippen molar-refractivity contribution in [2.45, 2.75) is 13.3 Å². The van der Waals surface area contributed by atoms with E-state index in [0.29, 0.717) is 11.4 Å². The van der Waals surface area contributed by atoms with Crippen molar-refractivity contribution in [2.24, 2.45) is 0 Å². The van der Waals surface area contributed by atoms with E-state index < -0.39 is 0 Å². The molecule has 0 aliphatic heterocycles. The summed E-state index contributed by atoms with van der Waals surface area (Å²) in [5, 5.41) is 8.73. The molecule has 0 atom stereocenters. The summed E-state index contributed by atoms with van der Waals surface area (Å²) in [4.78, 5) is 7.85. The number of nitrogens with zero attached hydrogens (tertiary/aromatic N) is 3. The zero-order chi connectivity index (χ0) is 13.0. The number of hydrogen-bond donors (Lipinski definition) is 1. The number of hydrogen-bond acceptors (Lipinski definition) is 5. The molecule has 18 heavy (non-hydrogen) atoms. The first-order valence-electron chi connectivity index (χ1n) is 5.52. The van der Waals surface area contributed by atoms with Crippen molar-refractivity contribution in [3.05, 3.63) is 41.7 Å². The molecule has 5 heteroatoms. The molecule has 1 aromatic carbocycles. The summed E-state index contributed by atoms with van der Waals surface area (Å²) in [6, 6.07) is 9.11. The largest absolute Gasteiger partial charge is 0.422 e. The van der Waals surface area contributed by atoms with Crippen LogP contribution in [0, 0.1) is 11.3 Å². The Morgan fingerprint density at radius 3 is 2.89 bits per heavy atom. The number of anilines is 1. The van der Waals surface area contributed by atoms with Gasteiger partial charge in [0.2, 0.25) is 0 Å². The predicted molar refractivity (Wildman–Crippen MR) is 67.1 cm³/mol. The van der Waals surface area contributed by atoms with Crippen molar-refractivity contribution < 1.29 is 4.74 Å². The number of aromatic nitrogens is 2. The highest BCUT2D eigenvalue weighted by Gasteiger charge is 2.05. The lowest BCUT2D eigenvalue weighted by atomic mass is 10.1. The lowest BCUT2D eigenvalue weighted by molar-refractivity contribution is 0.443. The summed E-state index contributed by atoms with van der Waals surface area (Å²) in [5.41, 5.74) is 7.78. The zero-order valence-corrected chi connectivity index (χ0v) is 9.92. The topological polar surface area (TPSA) is 84.8 Å². The summed E-state index contributed by atoms with van der Waals surface area (Å²) in [5.74, 6) is 0.488. The van der Waals surface area contributed by atoms with Crippen LogP contribution in [-0.2, 0) is 6.42 Å². The second-order valence-electron chi connectivity index (χ2n) is 3.66. The summed E-state index contributed by atoms with van der Waals surface area (Å²) in [7, 11) is 0. The lowest BCUT2D eigenvalue weighted by Gasteiger charge is -2.07. The van der Waals surface area contributed by atoms with E-state index in [2.05, 4.69) is 16.9 Å². The van der Waals surface area contributed by atoms with Gasteiger partial charge in [0.25, 0.3) is 0 Å². The molecule has 0 amide bonds. The molecule has 0 fully saturated rings. The van der Waals surface area contributed by atoms with Crippen LogP contribution in [0.1, 0.15) is 18.2 Å². The highest BCUT2D eigenvalue weighted by Crippen LogP contribution is 2.26. The highest BCUT2D eigenvalue weighted by atomic mass is 16.5. The van der Waals surface area contributed by atoms with Crippen molar-refractivity contribution in [2.75, 3.05) is 5.73 Å². The number of aryl methyl sites for hydroxylation is 1. The molecule has 0 unspecified atom stereocenters. The van der Waals surface area contributed by atoms with Gasteiger partial charge in [0.15, 0.2) is 5.75 Å². The molecule has 0 saturated heterocycles. The van der Waals surface area contributed by atoms with E-state index in [1.165, 1.54) is 12.3 Å². The SMILES string of the molecule is CCc1ccc(Oc2nccc(C#N)n2)c(N)c1. The molecular weight excluding hydrogens is 228 g/mol. The Bertz CT molecular complexity index is 604. The number of nitriles is 1. The maximum Gasteiger partial charge on any atom is 0.323 e. The average Bonchev–Trinajstić information content (AvgIpc) is 2.41. The van der Waals surface area contributed by atoms with Crippen LogP contribution >= 0.6 is 0 Å². The third kappa shape index (κ3) is 2.55. The van der Waals surface area contributed by atoms with Gasteiger partial charge in [0.05, 0.1) is 5.69 Å². The molecule has 0 spiro atoms. The van der Waals surface area contributed by atoms with Gasteiger partial charge in [-0.1, -0.05) is 13.0 Å². The zero-order valence-electron chi connectivity index (χ0n) is 9.92. The van der Waals surface area contributed by atoms with E-state index in [4.69, 9.17) is 15.7 Å². The molecule has 0 aliphatic carbocycles. The third-order valence-electron chi connectivity index (χ3n) is 2.43. The first kappa shape index (κ1) is 11.9. The van der Waals surface area contributed by atoms with Crippen molar-refractivity contribution in [3.8, 4) is 17.8 Å². The van der Waals surface area contributed by atoms with Crippen LogP contribution in [0.25, 0.3) is 0 Å². The first-order valence-corrected chi connectivity index (χ1v) is 5.52. The Labute approximate surface area is 105 Å². The van der Waals surface area contributed by atoms with Gasteiger partial charge in [-0.05, 0) is 30.2 Å². The maximum atomic E-state index is 8.73. The van der Waals surface area contributed by atoms with Crippen molar-refractivity contribution in [1.29, 1.82) is 5.26 Å². The smallest absolute Gasteiger partial charge is 0.323 e. The number of ether oxygens (including phenoxy) is 1. The van der Waals surface area contributed by atoms with Crippen LogP contribution in [-0.4, -0.2) is 9.97 Å². The summed E-state index contributed by atoms with van der Waals surface area (Å²) < 4.78 is 5.45. The number of nitrogens with two attached hydrogens (primary N) is 1. The maximum absolute atomic E-state index is 8.73. The average molecular weight is 240 g/mol. The lowest BCUT2D eigenvalue weighted by Crippen LogP contribution is -1.97. The number of nitrogen functional groups attached to an aromatic ring is 1. The van der Waals surface area contributed by atoms with Crippen LogP contribution < -0.4 is 10.5 Å². The quantitative estimate of drug-likeness (QED) is 0.832. The van der Waals surface area contributed by atoms with E-state index in [1.54, 1.807) is 6.07 Å². The van der Waals surface area contributed by atoms with Gasteiger partial charge in [-0.2, -0.15) is 10.2 Å². The standard InChI is InChI=1S/C13H12N4O/c1-2-9-3-4-12(11(15)7-9)18-13-16-6-5-10(8-14)17-13/h3-7H,2,15H2,1H3. The molecular formula is C13H12N4O. The van der Waals surface area contributed by atoms with E-state index in [-0.39, 0.29) is 11.7 Å². The van der Waals surface area contributed by atoms with Gasteiger partial charge < -0.3 is 10.5 Å². The summed E-state index contributed by atoms with van der Waals surface area (Å²) in [6.45, 7) is 2.05. The van der Waals surface area contributed by atoms with Gasteiger partial charge in [-0.3, -0.25) is 0 Å². The molecule has 2 rings (SSSR count). The Morgan fingerprint density at radius 1 is 1.39 bits per heavy atom. The van der Waals surface area contributed by atoms with Crippen molar-refractivity contribution >= 4 is 5.69 Å². The van der Waals surface area contributed by atoms with E-state index >= 15 is 0 Å². The van der Waals surface area contributed by atoms with Crippen molar-refractivity contribution in [3.63, 3.8) is 0 Å². The molecule has 0 aliphatic rings. The summed E-state index contributed by atoms with van der Waals surface area (Å²) in [6.07, 6.45) is 2.38. The van der Waals surface area contributed by atoms with Gasteiger partial charge in [0.1, 0.15) is 11.8 Å². The van der Waals surface area contributed by atoms with Gasteiger partial charge >= 0.3 is 6.01 Å². The fraction of sp³-hybridized carbons (Fsp3) is 0.154. The monoisotopic (exact) mass is 240 g/mol. The van der Waals surface area contributed by atoms with Crippen LogP contribution in [0.2, 0.25) is 0 Å². The Hall–Kier alpha value is -2.61. The minimum Gasteiger partial charge on any atom is -0.422 e. The fourth-order valence-electron chi connectivity index (χ4n) is 1.46. The second-order valence-corrected chi connectivity index (χ2v) is 3.66. The van der Waals surface area contributed by atoms with Crippen molar-refractivity contribution in [1.82, 2.24) is 9.97 Å². The van der Waals surface area contributed by atoms with Crippen LogP contribution in [0.4, 0.5) is 5.69 Å². The first-order chi connectivity index (χ1) is 8.72. The molecule has 90 valence electrons. The molecule has 0 bridgehead atoms. The number of rotatable bonds is 3. The third-order valence-corrected chi connectivity index (χ3v) is 2.43. The Kier molecular flexibility index (Phi) is 3.39. The predicted octanol–water partition coefficient (Wildman–Crippen LogP) is 2.29. The molecule has 2 aromatic rings. The molecule has 1 aromatic heterocycles.